The summed E-state index contributed by atoms with van der Waals surface area (Å²) in [6.45, 7) is 9.84. The average molecular weight is 500 g/mol. The van der Waals surface area contributed by atoms with E-state index >= 15 is 0 Å². The molecule has 1 atom stereocenters. The topological polar surface area (TPSA) is 83.0 Å². The fraction of sp³-hybridized carbons (Fsp3) is 0.300. The number of hydrogen-bond acceptors (Lipinski definition) is 6. The van der Waals surface area contributed by atoms with Gasteiger partial charge >= 0.3 is 0 Å². The third-order valence-corrected chi connectivity index (χ3v) is 6.95. The van der Waals surface area contributed by atoms with Gasteiger partial charge in [0.1, 0.15) is 11.5 Å². The molecule has 0 spiro atoms. The van der Waals surface area contributed by atoms with Crippen LogP contribution in [0.15, 0.2) is 66.5 Å². The Labute approximate surface area is 218 Å². The number of Topliss-reactive ketones (excluding diaryl/α,β-unsaturated/α-hetero) is 1. The van der Waals surface area contributed by atoms with Crippen molar-refractivity contribution in [3.63, 3.8) is 0 Å². The van der Waals surface area contributed by atoms with E-state index in [-0.39, 0.29) is 17.9 Å². The van der Waals surface area contributed by atoms with Crippen LogP contribution in [-0.4, -0.2) is 46.9 Å². The first-order chi connectivity index (χ1) is 17.8. The maximum absolute atomic E-state index is 13.4. The first kappa shape index (κ1) is 25.9. The van der Waals surface area contributed by atoms with Crippen LogP contribution < -0.4 is 9.64 Å². The standard InChI is InChI=1S/C30H33N3O4/c1-6-32(7-2)23-12-10-22(11-13-23)27-26(28(34)24-15-20(4)25(37-5)16-19(24)3)29(35)30(36)33(27)18-21-9-8-14-31-17-21/h8-17,27,34H,6-7,18H2,1-5H3/b28-26+. The number of ether oxygens (including phenoxy) is 1. The molecule has 0 radical (unpaired) electrons. The minimum Gasteiger partial charge on any atom is -0.507 e. The molecular formula is C30H33N3O4. The Kier molecular flexibility index (Phi) is 7.62. The van der Waals surface area contributed by atoms with Gasteiger partial charge in [0.15, 0.2) is 0 Å². The summed E-state index contributed by atoms with van der Waals surface area (Å²) in [6, 6.07) is 14.4. The van der Waals surface area contributed by atoms with Crippen molar-refractivity contribution in [3.05, 3.63) is 94.3 Å². The molecule has 3 aromatic rings. The Morgan fingerprint density at radius 3 is 2.35 bits per heavy atom. The number of pyridine rings is 1. The number of nitrogens with zero attached hydrogens (tertiary/aromatic N) is 3. The predicted molar refractivity (Wildman–Crippen MR) is 145 cm³/mol. The SMILES string of the molecule is CCN(CC)c1ccc(C2/C(=C(\O)c3cc(C)c(OC)cc3C)C(=O)C(=O)N2Cc2cccnc2)cc1. The molecule has 1 aromatic heterocycles. The molecule has 192 valence electrons. The normalized spacial score (nSPS) is 16.8. The zero-order valence-electron chi connectivity index (χ0n) is 22.0. The van der Waals surface area contributed by atoms with E-state index in [0.29, 0.717) is 11.3 Å². The van der Waals surface area contributed by atoms with E-state index in [1.54, 1.807) is 31.6 Å². The van der Waals surface area contributed by atoms with Crippen molar-refractivity contribution in [3.8, 4) is 5.75 Å². The second-order valence-corrected chi connectivity index (χ2v) is 9.19. The number of aryl methyl sites for hydroxylation is 2. The van der Waals surface area contributed by atoms with Crippen LogP contribution in [0.2, 0.25) is 0 Å². The first-order valence-corrected chi connectivity index (χ1v) is 12.5. The van der Waals surface area contributed by atoms with Gasteiger partial charge in [0.25, 0.3) is 11.7 Å². The fourth-order valence-electron chi connectivity index (χ4n) is 4.94. The first-order valence-electron chi connectivity index (χ1n) is 12.5. The fourth-order valence-corrected chi connectivity index (χ4v) is 4.94. The van der Waals surface area contributed by atoms with E-state index in [2.05, 4.69) is 23.7 Å². The number of hydrogen-bond donors (Lipinski definition) is 1. The number of aromatic nitrogens is 1. The van der Waals surface area contributed by atoms with E-state index in [0.717, 1.165) is 41.0 Å². The highest BCUT2D eigenvalue weighted by atomic mass is 16.5. The number of amides is 1. The van der Waals surface area contributed by atoms with Crippen LogP contribution in [0.1, 0.15) is 47.7 Å². The average Bonchev–Trinajstić information content (AvgIpc) is 3.16. The molecule has 1 amide bonds. The molecule has 0 saturated carbocycles. The third kappa shape index (κ3) is 4.94. The highest BCUT2D eigenvalue weighted by Crippen LogP contribution is 2.41. The molecule has 1 unspecified atom stereocenters. The van der Waals surface area contributed by atoms with Gasteiger partial charge in [0.05, 0.1) is 18.7 Å². The van der Waals surface area contributed by atoms with Crippen LogP contribution in [0.4, 0.5) is 5.69 Å². The van der Waals surface area contributed by atoms with E-state index in [1.165, 1.54) is 4.90 Å². The van der Waals surface area contributed by atoms with Gasteiger partial charge in [-0.3, -0.25) is 14.6 Å². The van der Waals surface area contributed by atoms with Gasteiger partial charge in [-0.1, -0.05) is 18.2 Å². The molecule has 0 bridgehead atoms. The third-order valence-electron chi connectivity index (χ3n) is 6.95. The van der Waals surface area contributed by atoms with Gasteiger partial charge in [-0.15, -0.1) is 0 Å². The van der Waals surface area contributed by atoms with Gasteiger partial charge in [0, 0.05) is 43.3 Å². The number of rotatable bonds is 8. The van der Waals surface area contributed by atoms with E-state index in [1.807, 2.05) is 50.2 Å². The number of anilines is 1. The van der Waals surface area contributed by atoms with Crippen LogP contribution in [0.25, 0.3) is 5.76 Å². The lowest BCUT2D eigenvalue weighted by Crippen LogP contribution is -2.29. The van der Waals surface area contributed by atoms with Crippen molar-refractivity contribution < 1.29 is 19.4 Å². The summed E-state index contributed by atoms with van der Waals surface area (Å²) in [5, 5.41) is 11.5. The minimum absolute atomic E-state index is 0.0807. The Morgan fingerprint density at radius 1 is 1.05 bits per heavy atom. The molecule has 2 aromatic carbocycles. The molecular weight excluding hydrogens is 466 g/mol. The Bertz CT molecular complexity index is 1330. The second-order valence-electron chi connectivity index (χ2n) is 9.19. The summed E-state index contributed by atoms with van der Waals surface area (Å²) in [5.41, 5.74) is 4.75. The lowest BCUT2D eigenvalue weighted by atomic mass is 9.93. The summed E-state index contributed by atoms with van der Waals surface area (Å²) in [6.07, 6.45) is 3.34. The van der Waals surface area contributed by atoms with Gasteiger partial charge in [0.2, 0.25) is 0 Å². The number of benzene rings is 2. The van der Waals surface area contributed by atoms with Gasteiger partial charge < -0.3 is 19.6 Å². The molecule has 2 heterocycles. The van der Waals surface area contributed by atoms with Crippen molar-refractivity contribution in [1.82, 2.24) is 9.88 Å². The predicted octanol–water partition coefficient (Wildman–Crippen LogP) is 5.18. The zero-order chi connectivity index (χ0) is 26.7. The van der Waals surface area contributed by atoms with Crippen molar-refractivity contribution in [1.29, 1.82) is 0 Å². The quantitative estimate of drug-likeness (QED) is 0.261. The molecule has 1 saturated heterocycles. The molecule has 1 aliphatic rings. The number of methoxy groups -OCH3 is 1. The van der Waals surface area contributed by atoms with Crippen molar-refractivity contribution in [2.45, 2.75) is 40.3 Å². The molecule has 7 nitrogen and oxygen atoms in total. The van der Waals surface area contributed by atoms with Crippen LogP contribution >= 0.6 is 0 Å². The van der Waals surface area contributed by atoms with Crippen LogP contribution in [0.3, 0.4) is 0 Å². The van der Waals surface area contributed by atoms with Crippen molar-refractivity contribution in [2.75, 3.05) is 25.1 Å². The number of ketones is 1. The molecule has 4 rings (SSSR count). The van der Waals surface area contributed by atoms with E-state index < -0.39 is 17.7 Å². The van der Waals surface area contributed by atoms with Gasteiger partial charge in [-0.05, 0) is 80.3 Å². The lowest BCUT2D eigenvalue weighted by Gasteiger charge is -2.27. The number of aliphatic hydroxyl groups is 1. The Hall–Kier alpha value is -4.13. The monoisotopic (exact) mass is 499 g/mol. The van der Waals surface area contributed by atoms with Crippen LogP contribution in [-0.2, 0) is 16.1 Å². The Morgan fingerprint density at radius 2 is 1.76 bits per heavy atom. The van der Waals surface area contributed by atoms with Crippen molar-refractivity contribution >= 4 is 23.1 Å². The molecule has 1 aliphatic heterocycles. The lowest BCUT2D eigenvalue weighted by molar-refractivity contribution is -0.140. The highest BCUT2D eigenvalue weighted by Gasteiger charge is 2.46. The number of aliphatic hydroxyl groups excluding tert-OH is 1. The molecule has 0 aliphatic carbocycles. The summed E-state index contributed by atoms with van der Waals surface area (Å²) in [4.78, 5) is 34.7. The molecule has 1 N–H and O–H groups in total. The second kappa shape index (κ2) is 10.9. The summed E-state index contributed by atoms with van der Waals surface area (Å²) >= 11 is 0. The summed E-state index contributed by atoms with van der Waals surface area (Å²) in [7, 11) is 1.59. The van der Waals surface area contributed by atoms with Crippen molar-refractivity contribution in [2.24, 2.45) is 0 Å². The van der Waals surface area contributed by atoms with Crippen LogP contribution in [0.5, 0.6) is 5.75 Å². The smallest absolute Gasteiger partial charge is 0.295 e. The highest BCUT2D eigenvalue weighted by molar-refractivity contribution is 6.46. The summed E-state index contributed by atoms with van der Waals surface area (Å²) in [5.74, 6) is -0.846. The maximum Gasteiger partial charge on any atom is 0.295 e. The molecule has 7 heteroatoms. The largest absolute Gasteiger partial charge is 0.507 e. The number of carbonyl (C=O) groups excluding carboxylic acids is 2. The molecule has 37 heavy (non-hydrogen) atoms. The van der Waals surface area contributed by atoms with Gasteiger partial charge in [-0.2, -0.15) is 0 Å². The van der Waals surface area contributed by atoms with Gasteiger partial charge in [-0.25, -0.2) is 0 Å². The number of likely N-dealkylation sites (tertiary alicyclic amines) is 1. The Balaban J connectivity index is 1.87. The van der Waals surface area contributed by atoms with Crippen LogP contribution in [0, 0.1) is 13.8 Å². The van der Waals surface area contributed by atoms with E-state index in [9.17, 15) is 14.7 Å². The zero-order valence-corrected chi connectivity index (χ0v) is 22.0. The summed E-state index contributed by atoms with van der Waals surface area (Å²) < 4.78 is 5.41. The minimum atomic E-state index is -0.743. The number of carbonyl (C=O) groups is 2. The molecule has 1 fully saturated rings. The van der Waals surface area contributed by atoms with E-state index in [4.69, 9.17) is 4.74 Å². The maximum atomic E-state index is 13.4.